The molecule has 3 rings (SSSR count). The van der Waals surface area contributed by atoms with Crippen molar-refractivity contribution in [3.05, 3.63) is 24.3 Å². The number of para-hydroxylation sites is 2. The highest BCUT2D eigenvalue weighted by molar-refractivity contribution is 6.05. The number of carbonyl (C=O) groups excluding carboxylic acids is 1. The van der Waals surface area contributed by atoms with Crippen LogP contribution in [-0.4, -0.2) is 50.6 Å². The second-order valence-corrected chi connectivity index (χ2v) is 5.63. The Morgan fingerprint density at radius 1 is 1.26 bits per heavy atom. The normalized spacial score (nSPS) is 21.8. The Morgan fingerprint density at radius 3 is 2.74 bits per heavy atom. The number of benzene rings is 1. The SMILES string of the molecule is CN(C)CCN1C(=O)C2CCCN2c2ccccc21. The van der Waals surface area contributed by atoms with Crippen LogP contribution in [0.5, 0.6) is 0 Å². The summed E-state index contributed by atoms with van der Waals surface area (Å²) in [5.74, 6) is 0.276. The molecule has 1 unspecified atom stereocenters. The van der Waals surface area contributed by atoms with E-state index in [2.05, 4.69) is 28.0 Å². The number of amides is 1. The van der Waals surface area contributed by atoms with Crippen molar-refractivity contribution in [2.24, 2.45) is 0 Å². The molecular weight excluding hydrogens is 238 g/mol. The van der Waals surface area contributed by atoms with E-state index >= 15 is 0 Å². The molecular formula is C15H21N3O. The van der Waals surface area contributed by atoms with Crippen molar-refractivity contribution in [3.8, 4) is 0 Å². The average Bonchev–Trinajstić information content (AvgIpc) is 2.88. The lowest BCUT2D eigenvalue weighted by molar-refractivity contribution is -0.120. The lowest BCUT2D eigenvalue weighted by atomic mass is 10.1. The van der Waals surface area contributed by atoms with E-state index in [-0.39, 0.29) is 11.9 Å². The number of hydrogen-bond acceptors (Lipinski definition) is 3. The van der Waals surface area contributed by atoms with Gasteiger partial charge in [-0.1, -0.05) is 12.1 Å². The van der Waals surface area contributed by atoms with Gasteiger partial charge in [0, 0.05) is 19.6 Å². The van der Waals surface area contributed by atoms with Gasteiger partial charge in [-0.15, -0.1) is 0 Å². The van der Waals surface area contributed by atoms with Crippen LogP contribution in [0.1, 0.15) is 12.8 Å². The van der Waals surface area contributed by atoms with Crippen molar-refractivity contribution in [3.63, 3.8) is 0 Å². The number of nitrogens with zero attached hydrogens (tertiary/aromatic N) is 3. The van der Waals surface area contributed by atoms with Crippen molar-refractivity contribution in [1.29, 1.82) is 0 Å². The predicted octanol–water partition coefficient (Wildman–Crippen LogP) is 1.56. The van der Waals surface area contributed by atoms with Gasteiger partial charge in [0.05, 0.1) is 11.4 Å². The summed E-state index contributed by atoms with van der Waals surface area (Å²) in [6, 6.07) is 8.36. The number of carbonyl (C=O) groups is 1. The minimum absolute atomic E-state index is 0.0667. The highest BCUT2D eigenvalue weighted by Gasteiger charge is 2.40. The molecule has 4 heteroatoms. The second kappa shape index (κ2) is 4.85. The minimum atomic E-state index is 0.0667. The standard InChI is InChI=1S/C15H21N3O/c1-16(2)10-11-18-13-7-4-3-6-12(13)17-9-5-8-14(17)15(18)19/h3-4,6-7,14H,5,8-11H2,1-2H3. The zero-order valence-corrected chi connectivity index (χ0v) is 11.7. The second-order valence-electron chi connectivity index (χ2n) is 5.63. The van der Waals surface area contributed by atoms with Crippen LogP contribution in [0.3, 0.4) is 0 Å². The van der Waals surface area contributed by atoms with Crippen LogP contribution in [0.4, 0.5) is 11.4 Å². The quantitative estimate of drug-likeness (QED) is 0.824. The molecule has 1 saturated heterocycles. The first-order chi connectivity index (χ1) is 9.18. The summed E-state index contributed by atoms with van der Waals surface area (Å²) in [4.78, 5) is 19.0. The fourth-order valence-corrected chi connectivity index (χ4v) is 3.08. The van der Waals surface area contributed by atoms with Crippen LogP contribution in [0, 0.1) is 0 Å². The lowest BCUT2D eigenvalue weighted by Crippen LogP contribution is -2.52. The van der Waals surface area contributed by atoms with Gasteiger partial charge < -0.3 is 14.7 Å². The van der Waals surface area contributed by atoms with Gasteiger partial charge in [0.15, 0.2) is 0 Å². The molecule has 2 aliphatic heterocycles. The van der Waals surface area contributed by atoms with Gasteiger partial charge in [-0.2, -0.15) is 0 Å². The Hall–Kier alpha value is -1.55. The summed E-state index contributed by atoms with van der Waals surface area (Å²) < 4.78 is 0. The Kier molecular flexibility index (Phi) is 3.19. The first-order valence-corrected chi connectivity index (χ1v) is 7.00. The summed E-state index contributed by atoms with van der Waals surface area (Å²) in [5, 5.41) is 0. The van der Waals surface area contributed by atoms with E-state index in [1.807, 2.05) is 25.1 Å². The zero-order valence-electron chi connectivity index (χ0n) is 11.7. The van der Waals surface area contributed by atoms with E-state index in [4.69, 9.17) is 0 Å². The van der Waals surface area contributed by atoms with E-state index in [9.17, 15) is 4.79 Å². The summed E-state index contributed by atoms with van der Waals surface area (Å²) in [6.07, 6.45) is 2.11. The third kappa shape index (κ3) is 2.10. The Morgan fingerprint density at radius 2 is 2.00 bits per heavy atom. The highest BCUT2D eigenvalue weighted by Crippen LogP contribution is 2.39. The number of likely N-dealkylation sites (N-methyl/N-ethyl adjacent to an activating group) is 1. The molecule has 1 amide bonds. The van der Waals surface area contributed by atoms with Gasteiger partial charge in [-0.3, -0.25) is 4.79 Å². The maximum atomic E-state index is 12.6. The molecule has 1 fully saturated rings. The maximum Gasteiger partial charge on any atom is 0.249 e. The molecule has 0 aliphatic carbocycles. The highest BCUT2D eigenvalue weighted by atomic mass is 16.2. The molecule has 0 N–H and O–H groups in total. The van der Waals surface area contributed by atoms with Crippen LogP contribution in [0.15, 0.2) is 24.3 Å². The monoisotopic (exact) mass is 259 g/mol. The topological polar surface area (TPSA) is 26.8 Å². The van der Waals surface area contributed by atoms with Crippen molar-refractivity contribution in [1.82, 2.24) is 4.90 Å². The van der Waals surface area contributed by atoms with Crippen molar-refractivity contribution >= 4 is 17.3 Å². The van der Waals surface area contributed by atoms with Crippen molar-refractivity contribution in [2.45, 2.75) is 18.9 Å². The van der Waals surface area contributed by atoms with Crippen molar-refractivity contribution < 1.29 is 4.79 Å². The molecule has 4 nitrogen and oxygen atoms in total. The Bertz CT molecular complexity index is 486. The molecule has 0 bridgehead atoms. The number of anilines is 2. The molecule has 0 spiro atoms. The fourth-order valence-electron chi connectivity index (χ4n) is 3.08. The molecule has 2 aliphatic rings. The van der Waals surface area contributed by atoms with Crippen molar-refractivity contribution in [2.75, 3.05) is 43.5 Å². The van der Waals surface area contributed by atoms with Crippen LogP contribution < -0.4 is 9.80 Å². The van der Waals surface area contributed by atoms with Gasteiger partial charge in [-0.05, 0) is 39.1 Å². The van der Waals surface area contributed by atoms with Gasteiger partial charge in [-0.25, -0.2) is 0 Å². The van der Waals surface area contributed by atoms with E-state index in [0.717, 1.165) is 38.2 Å². The summed E-state index contributed by atoms with van der Waals surface area (Å²) >= 11 is 0. The van der Waals surface area contributed by atoms with Crippen LogP contribution >= 0.6 is 0 Å². The van der Waals surface area contributed by atoms with Gasteiger partial charge >= 0.3 is 0 Å². The van der Waals surface area contributed by atoms with Gasteiger partial charge in [0.25, 0.3) is 0 Å². The third-order valence-corrected chi connectivity index (χ3v) is 4.06. The first kappa shape index (κ1) is 12.5. The predicted molar refractivity (Wildman–Crippen MR) is 77.7 cm³/mol. The lowest BCUT2D eigenvalue weighted by Gasteiger charge is -2.39. The molecule has 0 radical (unpaired) electrons. The Balaban J connectivity index is 1.95. The molecule has 0 aromatic heterocycles. The molecule has 2 heterocycles. The molecule has 1 aromatic rings. The third-order valence-electron chi connectivity index (χ3n) is 4.06. The van der Waals surface area contributed by atoms with Gasteiger partial charge in [0.2, 0.25) is 5.91 Å². The maximum absolute atomic E-state index is 12.6. The first-order valence-electron chi connectivity index (χ1n) is 7.00. The molecule has 102 valence electrons. The number of fused-ring (bicyclic) bond motifs is 3. The molecule has 1 aromatic carbocycles. The molecule has 0 saturated carbocycles. The molecule has 1 atom stereocenters. The van der Waals surface area contributed by atoms with Crippen LogP contribution in [0.2, 0.25) is 0 Å². The fraction of sp³-hybridized carbons (Fsp3) is 0.533. The summed E-state index contributed by atoms with van der Waals surface area (Å²) in [5.41, 5.74) is 2.30. The average molecular weight is 259 g/mol. The summed E-state index contributed by atoms with van der Waals surface area (Å²) in [6.45, 7) is 2.68. The van der Waals surface area contributed by atoms with E-state index in [1.165, 1.54) is 5.69 Å². The largest absolute Gasteiger partial charge is 0.358 e. The number of hydrogen-bond donors (Lipinski definition) is 0. The van der Waals surface area contributed by atoms with E-state index < -0.39 is 0 Å². The number of rotatable bonds is 3. The van der Waals surface area contributed by atoms with Gasteiger partial charge in [0.1, 0.15) is 6.04 Å². The van der Waals surface area contributed by atoms with E-state index in [0.29, 0.717) is 0 Å². The zero-order chi connectivity index (χ0) is 13.4. The van der Waals surface area contributed by atoms with Crippen LogP contribution in [-0.2, 0) is 4.79 Å². The Labute approximate surface area is 114 Å². The molecule has 19 heavy (non-hydrogen) atoms. The van der Waals surface area contributed by atoms with E-state index in [1.54, 1.807) is 0 Å². The summed E-state index contributed by atoms with van der Waals surface area (Å²) in [7, 11) is 4.09. The smallest absolute Gasteiger partial charge is 0.249 e. The minimum Gasteiger partial charge on any atom is -0.358 e. The van der Waals surface area contributed by atoms with Crippen LogP contribution in [0.25, 0.3) is 0 Å².